The minimum atomic E-state index is -0.896. The summed E-state index contributed by atoms with van der Waals surface area (Å²) in [6.07, 6.45) is 1.25. The van der Waals surface area contributed by atoms with Crippen molar-refractivity contribution in [3.05, 3.63) is 36.0 Å². The molecule has 0 saturated carbocycles. The zero-order valence-electron chi connectivity index (χ0n) is 14.3. The van der Waals surface area contributed by atoms with Gasteiger partial charge in [0.1, 0.15) is 11.4 Å². The summed E-state index contributed by atoms with van der Waals surface area (Å²) in [7, 11) is 1.60. The van der Waals surface area contributed by atoms with Gasteiger partial charge in [-0.3, -0.25) is 14.7 Å². The van der Waals surface area contributed by atoms with Crippen LogP contribution in [0.2, 0.25) is 0 Å². The molecule has 3 rings (SSSR count). The number of piperidine rings is 1. The quantitative estimate of drug-likeness (QED) is 0.889. The number of ether oxygens (including phenoxy) is 1. The zero-order valence-corrected chi connectivity index (χ0v) is 14.3. The van der Waals surface area contributed by atoms with Crippen molar-refractivity contribution in [2.45, 2.75) is 19.8 Å². The number of carboxylic acids is 1. The molecule has 1 saturated heterocycles. The van der Waals surface area contributed by atoms with Gasteiger partial charge >= 0.3 is 5.97 Å². The summed E-state index contributed by atoms with van der Waals surface area (Å²) in [5.74, 6) is -0.343. The van der Waals surface area contributed by atoms with Crippen molar-refractivity contribution in [2.24, 2.45) is 5.41 Å². The monoisotopic (exact) mass is 343 g/mol. The van der Waals surface area contributed by atoms with Crippen LogP contribution in [0.3, 0.4) is 0 Å². The van der Waals surface area contributed by atoms with Gasteiger partial charge in [0.05, 0.1) is 18.2 Å². The van der Waals surface area contributed by atoms with Crippen molar-refractivity contribution in [1.29, 1.82) is 0 Å². The van der Waals surface area contributed by atoms with E-state index in [1.165, 1.54) is 0 Å². The molecule has 1 atom stereocenters. The fraction of sp³-hybridized carbons (Fsp3) is 0.389. The highest BCUT2D eigenvalue weighted by atomic mass is 16.5. The average Bonchev–Trinajstić information content (AvgIpc) is 3.11. The Hall–Kier alpha value is -2.83. The highest BCUT2D eigenvalue weighted by molar-refractivity contribution is 5.94. The Labute approximate surface area is 145 Å². The van der Waals surface area contributed by atoms with Gasteiger partial charge in [-0.25, -0.2) is 0 Å². The molecule has 0 radical (unpaired) electrons. The first-order chi connectivity index (χ1) is 11.9. The van der Waals surface area contributed by atoms with E-state index >= 15 is 0 Å². The highest BCUT2D eigenvalue weighted by Gasteiger charge is 2.39. The van der Waals surface area contributed by atoms with Gasteiger partial charge in [0, 0.05) is 18.7 Å². The van der Waals surface area contributed by atoms with E-state index in [0.29, 0.717) is 30.8 Å². The lowest BCUT2D eigenvalue weighted by atomic mass is 9.82. The molecular formula is C18H21N3O4. The summed E-state index contributed by atoms with van der Waals surface area (Å²) in [6.45, 7) is 2.45. The number of methoxy groups -OCH3 is 1. The average molecular weight is 343 g/mol. The maximum atomic E-state index is 12.7. The zero-order chi connectivity index (χ0) is 18.0. The van der Waals surface area contributed by atoms with E-state index in [0.717, 1.165) is 11.3 Å². The Morgan fingerprint density at radius 1 is 1.32 bits per heavy atom. The number of carbonyl (C=O) groups excluding carboxylic acids is 1. The Morgan fingerprint density at radius 2 is 2.04 bits per heavy atom. The molecule has 1 aliphatic rings. The second kappa shape index (κ2) is 6.58. The van der Waals surface area contributed by atoms with Crippen LogP contribution < -0.4 is 4.74 Å². The predicted molar refractivity (Wildman–Crippen MR) is 91.5 cm³/mol. The number of nitrogens with zero attached hydrogens (tertiary/aromatic N) is 2. The minimum Gasteiger partial charge on any atom is -0.497 e. The minimum absolute atomic E-state index is 0.206. The molecule has 25 heavy (non-hydrogen) atoms. The third kappa shape index (κ3) is 3.35. The van der Waals surface area contributed by atoms with Crippen molar-refractivity contribution < 1.29 is 19.4 Å². The van der Waals surface area contributed by atoms with Crippen LogP contribution in [0.5, 0.6) is 5.75 Å². The first-order valence-corrected chi connectivity index (χ1v) is 8.15. The number of H-pyrrole nitrogens is 1. The molecule has 132 valence electrons. The number of hydrogen-bond donors (Lipinski definition) is 2. The van der Waals surface area contributed by atoms with Gasteiger partial charge < -0.3 is 14.7 Å². The van der Waals surface area contributed by atoms with Crippen LogP contribution in [0.15, 0.2) is 30.3 Å². The summed E-state index contributed by atoms with van der Waals surface area (Å²) >= 11 is 0. The summed E-state index contributed by atoms with van der Waals surface area (Å²) in [4.78, 5) is 25.7. The van der Waals surface area contributed by atoms with E-state index < -0.39 is 11.4 Å². The highest BCUT2D eigenvalue weighted by Crippen LogP contribution is 2.30. The molecule has 1 amide bonds. The van der Waals surface area contributed by atoms with Crippen LogP contribution in [0.1, 0.15) is 30.3 Å². The Morgan fingerprint density at radius 3 is 2.68 bits per heavy atom. The molecular weight excluding hydrogens is 322 g/mol. The molecule has 7 heteroatoms. The summed E-state index contributed by atoms with van der Waals surface area (Å²) in [5.41, 5.74) is 0.988. The summed E-state index contributed by atoms with van der Waals surface area (Å²) < 4.78 is 5.13. The molecule has 2 heterocycles. The molecule has 1 aromatic carbocycles. The van der Waals surface area contributed by atoms with Gasteiger partial charge in [-0.1, -0.05) is 0 Å². The molecule has 2 aromatic rings. The molecule has 2 N–H and O–H groups in total. The lowest BCUT2D eigenvalue weighted by molar-refractivity contribution is -0.150. The molecule has 1 unspecified atom stereocenters. The van der Waals surface area contributed by atoms with Crippen molar-refractivity contribution >= 4 is 11.9 Å². The largest absolute Gasteiger partial charge is 0.497 e. The molecule has 1 aliphatic heterocycles. The number of benzene rings is 1. The van der Waals surface area contributed by atoms with Crippen molar-refractivity contribution in [3.8, 4) is 17.0 Å². The number of likely N-dealkylation sites (tertiary alicyclic amines) is 1. The fourth-order valence-electron chi connectivity index (χ4n) is 3.10. The lowest BCUT2D eigenvalue weighted by Crippen LogP contribution is -2.48. The first-order valence-electron chi connectivity index (χ1n) is 8.15. The number of aromatic nitrogens is 2. The standard InChI is InChI=1S/C18H21N3O4/c1-18(17(23)24)8-3-9-21(11-18)16(22)15-10-14(19-20-15)12-4-6-13(25-2)7-5-12/h4-7,10H,3,8-9,11H2,1-2H3,(H,19,20)(H,23,24). The first kappa shape index (κ1) is 17.0. The summed E-state index contributed by atoms with van der Waals surface area (Å²) in [6, 6.07) is 9.08. The SMILES string of the molecule is COc1ccc(-c2cc(C(=O)N3CCCC(C)(C(=O)O)C3)[nH]n2)cc1. The second-order valence-corrected chi connectivity index (χ2v) is 6.59. The van der Waals surface area contributed by atoms with Crippen LogP contribution in [0.4, 0.5) is 0 Å². The van der Waals surface area contributed by atoms with Gasteiger partial charge in [-0.2, -0.15) is 5.10 Å². The smallest absolute Gasteiger partial charge is 0.311 e. The number of aromatic amines is 1. The molecule has 0 bridgehead atoms. The molecule has 7 nitrogen and oxygen atoms in total. The maximum Gasteiger partial charge on any atom is 0.311 e. The van der Waals surface area contributed by atoms with Crippen LogP contribution in [0.25, 0.3) is 11.3 Å². The third-order valence-electron chi connectivity index (χ3n) is 4.69. The fourth-order valence-corrected chi connectivity index (χ4v) is 3.10. The van der Waals surface area contributed by atoms with Crippen LogP contribution in [-0.2, 0) is 4.79 Å². The number of carboxylic acid groups (broad SMARTS) is 1. The number of nitrogens with one attached hydrogen (secondary N) is 1. The van der Waals surface area contributed by atoms with Crippen molar-refractivity contribution in [1.82, 2.24) is 15.1 Å². The maximum absolute atomic E-state index is 12.7. The second-order valence-electron chi connectivity index (χ2n) is 6.59. The van der Waals surface area contributed by atoms with E-state index in [4.69, 9.17) is 4.74 Å². The normalized spacial score (nSPS) is 20.3. The van der Waals surface area contributed by atoms with Gasteiger partial charge in [0.15, 0.2) is 0 Å². The van der Waals surface area contributed by atoms with E-state index in [9.17, 15) is 14.7 Å². The van der Waals surface area contributed by atoms with Gasteiger partial charge in [0.25, 0.3) is 5.91 Å². The van der Waals surface area contributed by atoms with E-state index in [-0.39, 0.29) is 12.5 Å². The predicted octanol–water partition coefficient (Wildman–Crippen LogP) is 2.41. The topological polar surface area (TPSA) is 95.5 Å². The van der Waals surface area contributed by atoms with E-state index in [2.05, 4.69) is 10.2 Å². The van der Waals surface area contributed by atoms with E-state index in [1.807, 2.05) is 24.3 Å². The lowest BCUT2D eigenvalue weighted by Gasteiger charge is -2.37. The van der Waals surface area contributed by atoms with Gasteiger partial charge in [-0.05, 0) is 50.1 Å². The Balaban J connectivity index is 1.77. The number of carbonyl (C=O) groups is 2. The number of amides is 1. The molecule has 1 aromatic heterocycles. The van der Waals surface area contributed by atoms with Gasteiger partial charge in [0.2, 0.25) is 0 Å². The van der Waals surface area contributed by atoms with Crippen LogP contribution in [-0.4, -0.2) is 52.3 Å². The number of aliphatic carboxylic acids is 1. The summed E-state index contributed by atoms with van der Waals surface area (Å²) in [5, 5.41) is 16.4. The Kier molecular flexibility index (Phi) is 4.48. The van der Waals surface area contributed by atoms with Crippen LogP contribution in [0, 0.1) is 5.41 Å². The number of rotatable bonds is 4. The molecule has 1 fully saturated rings. The van der Waals surface area contributed by atoms with Crippen LogP contribution >= 0.6 is 0 Å². The van der Waals surface area contributed by atoms with Gasteiger partial charge in [-0.15, -0.1) is 0 Å². The van der Waals surface area contributed by atoms with E-state index in [1.54, 1.807) is 25.0 Å². The molecule has 0 spiro atoms. The third-order valence-corrected chi connectivity index (χ3v) is 4.69. The number of hydrogen-bond acceptors (Lipinski definition) is 4. The van der Waals surface area contributed by atoms with Crippen molar-refractivity contribution in [2.75, 3.05) is 20.2 Å². The Bertz CT molecular complexity index is 784. The van der Waals surface area contributed by atoms with Crippen molar-refractivity contribution in [3.63, 3.8) is 0 Å². The molecule has 0 aliphatic carbocycles.